The molecule has 5 heteroatoms. The lowest BCUT2D eigenvalue weighted by Gasteiger charge is -2.27. The van der Waals surface area contributed by atoms with Gasteiger partial charge >= 0.3 is 0 Å². The summed E-state index contributed by atoms with van der Waals surface area (Å²) in [7, 11) is 3.30. The summed E-state index contributed by atoms with van der Waals surface area (Å²) in [6.07, 6.45) is 0.545. The van der Waals surface area contributed by atoms with Crippen LogP contribution in [-0.2, 0) is 4.74 Å². The third kappa shape index (κ3) is 2.23. The van der Waals surface area contributed by atoms with Crippen LogP contribution in [0, 0.1) is 0 Å². The molecule has 0 amide bonds. The van der Waals surface area contributed by atoms with Crippen LogP contribution < -0.4 is 16.6 Å². The Labute approximate surface area is 84.3 Å². The average molecular weight is 205 g/mol. The van der Waals surface area contributed by atoms with E-state index in [9.17, 15) is 4.39 Å². The first-order chi connectivity index (χ1) is 6.53. The van der Waals surface area contributed by atoms with E-state index in [-0.39, 0.29) is 18.2 Å². The maximum atomic E-state index is 14.3. The summed E-state index contributed by atoms with van der Waals surface area (Å²) in [6.45, 7) is 1.81. The zero-order valence-electron chi connectivity index (χ0n) is 9.01. The molecule has 4 nitrogen and oxygen atoms in total. The van der Waals surface area contributed by atoms with Crippen LogP contribution in [-0.4, -0.2) is 38.0 Å². The Morgan fingerprint density at radius 3 is 2.64 bits per heavy atom. The molecule has 84 valence electrons. The second-order valence-corrected chi connectivity index (χ2v) is 4.00. The summed E-state index contributed by atoms with van der Waals surface area (Å²) in [4.78, 5) is 0. The smallest absolute Gasteiger partial charge is 0.131 e. The van der Waals surface area contributed by atoms with Gasteiger partial charge in [-0.3, -0.25) is 10.9 Å². The largest absolute Gasteiger partial charge is 0.380 e. The maximum Gasteiger partial charge on any atom is 0.131 e. The highest BCUT2D eigenvalue weighted by atomic mass is 19.1. The summed E-state index contributed by atoms with van der Waals surface area (Å²) in [5.74, 6) is 0. The lowest BCUT2D eigenvalue weighted by atomic mass is 9.96. The first kappa shape index (κ1) is 11.8. The number of nitrogens with one attached hydrogen (secondary N) is 2. The molecule has 0 aromatic carbocycles. The molecular weight excluding hydrogens is 185 g/mol. The molecule has 1 aliphatic carbocycles. The molecule has 1 saturated carbocycles. The summed E-state index contributed by atoms with van der Waals surface area (Å²) in [5, 5.41) is 0. The standard InChI is InChI=1S/C9H20FN3O/c1-6(13-12-2)9(10)4-7(11)8(5-9)14-3/h6-8,12-13H,4-5,11H2,1-3H3. The molecule has 14 heavy (non-hydrogen) atoms. The molecule has 0 aliphatic heterocycles. The molecule has 0 aromatic heterocycles. The highest BCUT2D eigenvalue weighted by Gasteiger charge is 2.48. The molecule has 4 N–H and O–H groups in total. The number of rotatable bonds is 4. The van der Waals surface area contributed by atoms with Crippen molar-refractivity contribution in [3.63, 3.8) is 0 Å². The van der Waals surface area contributed by atoms with Crippen molar-refractivity contribution in [3.05, 3.63) is 0 Å². The highest BCUT2D eigenvalue weighted by molar-refractivity contribution is 5.02. The van der Waals surface area contributed by atoms with Gasteiger partial charge in [0.25, 0.3) is 0 Å². The Hall–Kier alpha value is -0.230. The molecule has 0 aromatic rings. The molecule has 1 aliphatic rings. The van der Waals surface area contributed by atoms with E-state index in [1.807, 2.05) is 0 Å². The number of methoxy groups -OCH3 is 1. The van der Waals surface area contributed by atoms with Crippen molar-refractivity contribution < 1.29 is 9.13 Å². The normalized spacial score (nSPS) is 40.1. The van der Waals surface area contributed by atoms with Crippen LogP contribution in [0.15, 0.2) is 0 Å². The number of ether oxygens (including phenoxy) is 1. The van der Waals surface area contributed by atoms with E-state index in [0.717, 1.165) is 0 Å². The van der Waals surface area contributed by atoms with Crippen LogP contribution in [0.3, 0.4) is 0 Å². The summed E-state index contributed by atoms with van der Waals surface area (Å²) >= 11 is 0. The van der Waals surface area contributed by atoms with Crippen molar-refractivity contribution in [1.29, 1.82) is 0 Å². The van der Waals surface area contributed by atoms with E-state index in [1.165, 1.54) is 0 Å². The molecule has 1 fully saturated rings. The van der Waals surface area contributed by atoms with Crippen LogP contribution in [0.5, 0.6) is 0 Å². The van der Waals surface area contributed by atoms with Crippen LogP contribution in [0.2, 0.25) is 0 Å². The molecule has 0 radical (unpaired) electrons. The van der Waals surface area contributed by atoms with E-state index in [4.69, 9.17) is 10.5 Å². The zero-order chi connectivity index (χ0) is 10.8. The highest BCUT2D eigenvalue weighted by Crippen LogP contribution is 2.36. The Morgan fingerprint density at radius 1 is 1.57 bits per heavy atom. The van der Waals surface area contributed by atoms with E-state index in [1.54, 1.807) is 21.1 Å². The molecule has 0 spiro atoms. The second kappa shape index (κ2) is 4.53. The van der Waals surface area contributed by atoms with E-state index in [2.05, 4.69) is 10.9 Å². The van der Waals surface area contributed by atoms with Crippen molar-refractivity contribution >= 4 is 0 Å². The van der Waals surface area contributed by atoms with E-state index >= 15 is 0 Å². The Balaban J connectivity index is 2.59. The number of nitrogens with two attached hydrogens (primary N) is 1. The summed E-state index contributed by atoms with van der Waals surface area (Å²) in [5.41, 5.74) is 10.1. The van der Waals surface area contributed by atoms with E-state index < -0.39 is 5.67 Å². The Bertz CT molecular complexity index is 193. The minimum atomic E-state index is -1.27. The van der Waals surface area contributed by atoms with Crippen molar-refractivity contribution in [3.8, 4) is 0 Å². The van der Waals surface area contributed by atoms with Crippen LogP contribution in [0.4, 0.5) is 4.39 Å². The van der Waals surface area contributed by atoms with E-state index in [0.29, 0.717) is 12.8 Å². The molecule has 0 bridgehead atoms. The number of hydrogen-bond donors (Lipinski definition) is 3. The first-order valence-electron chi connectivity index (χ1n) is 4.93. The fourth-order valence-electron chi connectivity index (χ4n) is 2.05. The fraction of sp³-hybridized carbons (Fsp3) is 1.00. The third-order valence-electron chi connectivity index (χ3n) is 3.03. The van der Waals surface area contributed by atoms with Crippen LogP contribution >= 0.6 is 0 Å². The SMILES string of the molecule is CNNC(C)C1(F)CC(N)C(OC)C1. The van der Waals surface area contributed by atoms with Gasteiger partial charge in [-0.2, -0.15) is 0 Å². The maximum absolute atomic E-state index is 14.3. The molecule has 1 rings (SSSR count). The number of alkyl halides is 1. The minimum absolute atomic E-state index is 0.166. The Kier molecular flexibility index (Phi) is 3.83. The van der Waals surface area contributed by atoms with Gasteiger partial charge in [0.05, 0.1) is 12.1 Å². The number of hydrogen-bond acceptors (Lipinski definition) is 4. The van der Waals surface area contributed by atoms with Gasteiger partial charge in [-0.05, 0) is 14.0 Å². The molecule has 0 heterocycles. The molecular formula is C9H20FN3O. The van der Waals surface area contributed by atoms with Gasteiger partial charge in [0.1, 0.15) is 5.67 Å². The van der Waals surface area contributed by atoms with Gasteiger partial charge in [-0.1, -0.05) is 0 Å². The van der Waals surface area contributed by atoms with Crippen molar-refractivity contribution in [2.24, 2.45) is 5.73 Å². The fourth-order valence-corrected chi connectivity index (χ4v) is 2.05. The Morgan fingerprint density at radius 2 is 2.21 bits per heavy atom. The van der Waals surface area contributed by atoms with Crippen molar-refractivity contribution in [2.75, 3.05) is 14.2 Å². The van der Waals surface area contributed by atoms with Gasteiger partial charge in [0.15, 0.2) is 0 Å². The van der Waals surface area contributed by atoms with Gasteiger partial charge < -0.3 is 10.5 Å². The van der Waals surface area contributed by atoms with Crippen molar-refractivity contribution in [1.82, 2.24) is 10.9 Å². The number of hydrazine groups is 1. The lowest BCUT2D eigenvalue weighted by molar-refractivity contribution is 0.0608. The van der Waals surface area contributed by atoms with Gasteiger partial charge in [0, 0.05) is 26.0 Å². The lowest BCUT2D eigenvalue weighted by Crippen LogP contribution is -2.49. The second-order valence-electron chi connectivity index (χ2n) is 4.00. The average Bonchev–Trinajstić information content (AvgIpc) is 2.43. The van der Waals surface area contributed by atoms with Crippen LogP contribution in [0.25, 0.3) is 0 Å². The zero-order valence-corrected chi connectivity index (χ0v) is 9.01. The van der Waals surface area contributed by atoms with Crippen molar-refractivity contribution in [2.45, 2.75) is 43.6 Å². The quantitative estimate of drug-likeness (QED) is 0.563. The van der Waals surface area contributed by atoms with Crippen LogP contribution in [0.1, 0.15) is 19.8 Å². The predicted molar refractivity (Wildman–Crippen MR) is 53.5 cm³/mol. The van der Waals surface area contributed by atoms with Gasteiger partial charge in [-0.25, -0.2) is 4.39 Å². The summed E-state index contributed by atoms with van der Waals surface area (Å²) in [6, 6.07) is -0.468. The van der Waals surface area contributed by atoms with Gasteiger partial charge in [-0.15, -0.1) is 0 Å². The third-order valence-corrected chi connectivity index (χ3v) is 3.03. The topological polar surface area (TPSA) is 59.3 Å². The predicted octanol–water partition coefficient (Wildman–Crippen LogP) is -0.0567. The molecule has 0 saturated heterocycles. The van der Waals surface area contributed by atoms with Gasteiger partial charge in [0.2, 0.25) is 0 Å². The number of halogens is 1. The molecule has 4 unspecified atom stereocenters. The molecule has 4 atom stereocenters. The summed E-state index contributed by atoms with van der Waals surface area (Å²) < 4.78 is 19.5. The monoisotopic (exact) mass is 205 g/mol. The first-order valence-corrected chi connectivity index (χ1v) is 4.93. The minimum Gasteiger partial charge on any atom is -0.380 e.